The molecule has 0 unspecified atom stereocenters. The number of aliphatic hydroxyl groups excluding tert-OH is 1. The van der Waals surface area contributed by atoms with Crippen LogP contribution in [0.3, 0.4) is 0 Å². The number of nitrogens with zero attached hydrogens (tertiary/aromatic N) is 3. The fourth-order valence-corrected chi connectivity index (χ4v) is 3.42. The molecule has 2 amide bonds. The Hall–Kier alpha value is -3.18. The Morgan fingerprint density at radius 2 is 1.74 bits per heavy atom. The van der Waals surface area contributed by atoms with Gasteiger partial charge in [-0.3, -0.25) is 0 Å². The zero-order valence-corrected chi connectivity index (χ0v) is 15.0. The van der Waals surface area contributed by atoms with E-state index in [0.717, 1.165) is 12.0 Å². The second-order valence-corrected chi connectivity index (χ2v) is 6.55. The highest BCUT2D eigenvalue weighted by molar-refractivity contribution is 6.01. The third-order valence-electron chi connectivity index (χ3n) is 4.82. The summed E-state index contributed by atoms with van der Waals surface area (Å²) in [5.41, 5.74) is 3.57. The van der Waals surface area contributed by atoms with Crippen molar-refractivity contribution in [1.82, 2.24) is 9.88 Å². The number of aliphatic hydroxyl groups is 1. The zero-order chi connectivity index (χ0) is 18.6. The van der Waals surface area contributed by atoms with Crippen molar-refractivity contribution >= 4 is 17.5 Å². The smallest absolute Gasteiger partial charge is 0.330 e. The molecule has 5 nitrogen and oxygen atoms in total. The van der Waals surface area contributed by atoms with Gasteiger partial charge < -0.3 is 10.0 Å². The van der Waals surface area contributed by atoms with E-state index in [9.17, 15) is 9.90 Å². The van der Waals surface area contributed by atoms with Crippen LogP contribution >= 0.6 is 0 Å². The van der Waals surface area contributed by atoms with Crippen LogP contribution in [-0.4, -0.2) is 27.6 Å². The first-order valence-corrected chi connectivity index (χ1v) is 9.03. The van der Waals surface area contributed by atoms with Gasteiger partial charge >= 0.3 is 6.03 Å². The van der Waals surface area contributed by atoms with Crippen molar-refractivity contribution in [2.75, 3.05) is 11.4 Å². The summed E-state index contributed by atoms with van der Waals surface area (Å²) in [6.45, 7) is 1.02. The van der Waals surface area contributed by atoms with Gasteiger partial charge in [0.2, 0.25) is 0 Å². The molecular weight excluding hydrogens is 338 g/mol. The van der Waals surface area contributed by atoms with Crippen LogP contribution in [0, 0.1) is 0 Å². The van der Waals surface area contributed by atoms with E-state index in [-0.39, 0.29) is 12.6 Å². The van der Waals surface area contributed by atoms with Crippen molar-refractivity contribution in [2.45, 2.75) is 19.6 Å². The highest BCUT2D eigenvalue weighted by Crippen LogP contribution is 2.35. The topological polar surface area (TPSA) is 56.7 Å². The second-order valence-electron chi connectivity index (χ2n) is 6.55. The second kappa shape index (κ2) is 7.60. The molecule has 2 aromatic carbocycles. The number of urea groups is 1. The largest absolute Gasteiger partial charge is 0.392 e. The van der Waals surface area contributed by atoms with Gasteiger partial charge in [0.15, 0.2) is 0 Å². The van der Waals surface area contributed by atoms with Crippen LogP contribution in [0.5, 0.6) is 0 Å². The summed E-state index contributed by atoms with van der Waals surface area (Å²) in [7, 11) is 0. The number of para-hydroxylation sites is 1. The molecule has 0 saturated heterocycles. The number of anilines is 2. The highest BCUT2D eigenvalue weighted by atomic mass is 16.3. The first-order chi connectivity index (χ1) is 13.3. The molecule has 0 aliphatic carbocycles. The maximum Gasteiger partial charge on any atom is 0.330 e. The van der Waals surface area contributed by atoms with Gasteiger partial charge in [0.1, 0.15) is 5.82 Å². The van der Waals surface area contributed by atoms with Gasteiger partial charge in [0.05, 0.1) is 18.8 Å². The number of pyridine rings is 1. The number of benzene rings is 2. The van der Waals surface area contributed by atoms with Crippen LogP contribution in [-0.2, 0) is 19.6 Å². The summed E-state index contributed by atoms with van der Waals surface area (Å²) in [6, 6.07) is 21.3. The molecule has 0 saturated carbocycles. The third-order valence-corrected chi connectivity index (χ3v) is 4.82. The number of fused-ring (bicyclic) bond motifs is 1. The van der Waals surface area contributed by atoms with Crippen molar-refractivity contribution in [3.8, 4) is 0 Å². The van der Waals surface area contributed by atoms with Gasteiger partial charge in [-0.15, -0.1) is 0 Å². The van der Waals surface area contributed by atoms with E-state index >= 15 is 0 Å². The van der Waals surface area contributed by atoms with Crippen LogP contribution in [0.2, 0.25) is 0 Å². The lowest BCUT2D eigenvalue weighted by molar-refractivity contribution is 0.201. The molecule has 4 rings (SSSR count). The van der Waals surface area contributed by atoms with Crippen molar-refractivity contribution in [1.29, 1.82) is 0 Å². The molecule has 1 aliphatic rings. The molecule has 2 heterocycles. The molecule has 0 bridgehead atoms. The minimum atomic E-state index is -0.133. The number of carbonyl (C=O) groups is 1. The van der Waals surface area contributed by atoms with Gasteiger partial charge in [0, 0.05) is 23.9 Å². The van der Waals surface area contributed by atoms with Crippen molar-refractivity contribution in [3.63, 3.8) is 0 Å². The molecule has 136 valence electrons. The molecule has 0 spiro atoms. The Balaban J connectivity index is 1.68. The molecular formula is C22H21N3O2. The summed E-state index contributed by atoms with van der Waals surface area (Å²) in [6.07, 6.45) is 2.48. The van der Waals surface area contributed by atoms with Gasteiger partial charge in [-0.1, -0.05) is 54.6 Å². The molecule has 0 radical (unpaired) electrons. The molecule has 0 fully saturated rings. The molecule has 3 aromatic rings. The molecule has 0 atom stereocenters. The fourth-order valence-electron chi connectivity index (χ4n) is 3.42. The monoisotopic (exact) mass is 359 g/mol. The normalized spacial score (nSPS) is 13.6. The Morgan fingerprint density at radius 3 is 2.56 bits per heavy atom. The minimum Gasteiger partial charge on any atom is -0.392 e. The third kappa shape index (κ3) is 3.41. The van der Waals surface area contributed by atoms with Crippen LogP contribution in [0.4, 0.5) is 16.3 Å². The van der Waals surface area contributed by atoms with Crippen molar-refractivity contribution in [2.24, 2.45) is 0 Å². The summed E-state index contributed by atoms with van der Waals surface area (Å²) in [4.78, 5) is 21.2. The maximum absolute atomic E-state index is 13.3. The highest BCUT2D eigenvalue weighted by Gasteiger charge is 2.33. The summed E-state index contributed by atoms with van der Waals surface area (Å²) in [5.74, 6) is 0.638. The summed E-state index contributed by atoms with van der Waals surface area (Å²) in [5, 5.41) is 9.73. The maximum atomic E-state index is 13.3. The summed E-state index contributed by atoms with van der Waals surface area (Å²) >= 11 is 0. The number of hydrogen-bond donors (Lipinski definition) is 1. The molecule has 1 N–H and O–H groups in total. The standard InChI is InChI=1S/C22H21N3O2/c26-16-19-9-4-5-11-20(19)25-21-18(10-6-13-23-21)15-24(22(25)27)14-12-17-7-2-1-3-8-17/h1-11,13,26H,12,14-16H2. The van der Waals surface area contributed by atoms with Crippen LogP contribution in [0.15, 0.2) is 72.9 Å². The molecule has 5 heteroatoms. The average Bonchev–Trinajstić information content (AvgIpc) is 2.73. The number of rotatable bonds is 5. The minimum absolute atomic E-state index is 0.113. The number of hydrogen-bond acceptors (Lipinski definition) is 3. The average molecular weight is 359 g/mol. The Kier molecular flexibility index (Phi) is 4.85. The predicted octanol–water partition coefficient (Wildman–Crippen LogP) is 3.89. The molecule has 1 aromatic heterocycles. The van der Waals surface area contributed by atoms with E-state index in [1.807, 2.05) is 59.5 Å². The van der Waals surface area contributed by atoms with Crippen molar-refractivity contribution in [3.05, 3.63) is 89.6 Å². The molecule has 1 aliphatic heterocycles. The van der Waals surface area contributed by atoms with E-state index in [4.69, 9.17) is 0 Å². The van der Waals surface area contributed by atoms with E-state index in [1.54, 1.807) is 11.1 Å². The van der Waals surface area contributed by atoms with E-state index in [0.29, 0.717) is 30.2 Å². The Morgan fingerprint density at radius 1 is 0.963 bits per heavy atom. The predicted molar refractivity (Wildman–Crippen MR) is 105 cm³/mol. The van der Waals surface area contributed by atoms with Crippen LogP contribution in [0.25, 0.3) is 0 Å². The zero-order valence-electron chi connectivity index (χ0n) is 15.0. The molecule has 27 heavy (non-hydrogen) atoms. The van der Waals surface area contributed by atoms with E-state index < -0.39 is 0 Å². The van der Waals surface area contributed by atoms with Gasteiger partial charge in [-0.25, -0.2) is 14.7 Å². The SMILES string of the molecule is O=C1N(CCc2ccccc2)Cc2cccnc2N1c1ccccc1CO. The number of carbonyl (C=O) groups excluding carboxylic acids is 1. The fraction of sp³-hybridized carbons (Fsp3) is 0.182. The van der Waals surface area contributed by atoms with Gasteiger partial charge in [-0.05, 0) is 24.1 Å². The Labute approximate surface area is 158 Å². The lowest BCUT2D eigenvalue weighted by Crippen LogP contribution is -2.46. The summed E-state index contributed by atoms with van der Waals surface area (Å²) < 4.78 is 0. The van der Waals surface area contributed by atoms with Gasteiger partial charge in [-0.2, -0.15) is 0 Å². The van der Waals surface area contributed by atoms with Crippen LogP contribution < -0.4 is 4.90 Å². The quantitative estimate of drug-likeness (QED) is 0.752. The van der Waals surface area contributed by atoms with Crippen molar-refractivity contribution < 1.29 is 9.90 Å². The first-order valence-electron chi connectivity index (χ1n) is 9.03. The van der Waals surface area contributed by atoms with Gasteiger partial charge in [0.25, 0.3) is 0 Å². The van der Waals surface area contributed by atoms with E-state index in [2.05, 4.69) is 17.1 Å². The van der Waals surface area contributed by atoms with Crippen LogP contribution in [0.1, 0.15) is 16.7 Å². The lowest BCUT2D eigenvalue weighted by atomic mass is 10.1. The lowest BCUT2D eigenvalue weighted by Gasteiger charge is -2.36. The number of amides is 2. The van der Waals surface area contributed by atoms with E-state index in [1.165, 1.54) is 5.56 Å². The first kappa shape index (κ1) is 17.2. The Bertz CT molecular complexity index is 943. The number of aromatic nitrogens is 1.